The monoisotopic (exact) mass is 387 g/mol. The second kappa shape index (κ2) is 8.43. The average Bonchev–Trinajstić information content (AvgIpc) is 2.92. The number of benzene rings is 1. The molecule has 0 aliphatic carbocycles. The molecule has 1 aromatic carbocycles. The van der Waals surface area contributed by atoms with Crippen LogP contribution in [0.2, 0.25) is 0 Å². The summed E-state index contributed by atoms with van der Waals surface area (Å²) in [5.41, 5.74) is 2.33. The molecule has 0 unspecified atom stereocenters. The number of aryl methyl sites for hydroxylation is 2. The molecule has 0 saturated carbocycles. The summed E-state index contributed by atoms with van der Waals surface area (Å²) in [4.78, 5) is 27.2. The number of nitrogens with one attached hydrogen (secondary N) is 1. The number of nitrogens with zero attached hydrogens (tertiary/aromatic N) is 2. The fraction of sp³-hybridized carbons (Fsp3) is 0.450. The molecule has 0 radical (unpaired) electrons. The highest BCUT2D eigenvalue weighted by molar-refractivity contribution is 5.97. The number of hydrogen-bond acceptors (Lipinski definition) is 6. The predicted octanol–water partition coefficient (Wildman–Crippen LogP) is 2.09. The number of carbonyl (C=O) groups excluding carboxylic acids is 2. The van der Waals surface area contributed by atoms with Crippen molar-refractivity contribution in [2.24, 2.45) is 0 Å². The summed E-state index contributed by atoms with van der Waals surface area (Å²) in [5.74, 6) is 0.816. The van der Waals surface area contributed by atoms with Crippen LogP contribution in [0.5, 0.6) is 5.75 Å². The van der Waals surface area contributed by atoms with Crippen molar-refractivity contribution in [2.75, 3.05) is 26.9 Å². The van der Waals surface area contributed by atoms with Crippen LogP contribution in [-0.4, -0.2) is 54.8 Å². The molecule has 1 aliphatic heterocycles. The number of fused-ring (bicyclic) bond motifs is 1. The molecule has 3 rings (SSSR count). The van der Waals surface area contributed by atoms with Crippen LogP contribution in [0.1, 0.15) is 44.7 Å². The van der Waals surface area contributed by atoms with Gasteiger partial charge in [0.1, 0.15) is 23.7 Å². The Morgan fingerprint density at radius 3 is 2.82 bits per heavy atom. The highest BCUT2D eigenvalue weighted by Gasteiger charge is 2.30. The van der Waals surface area contributed by atoms with E-state index in [1.165, 1.54) is 0 Å². The number of methoxy groups -OCH3 is 1. The second-order valence-electron chi connectivity index (χ2n) is 6.86. The van der Waals surface area contributed by atoms with Gasteiger partial charge >= 0.3 is 0 Å². The van der Waals surface area contributed by atoms with Gasteiger partial charge in [-0.05, 0) is 39.0 Å². The van der Waals surface area contributed by atoms with Crippen molar-refractivity contribution in [3.8, 4) is 5.75 Å². The lowest BCUT2D eigenvalue weighted by atomic mass is 10.1. The van der Waals surface area contributed by atoms with Gasteiger partial charge in [0.15, 0.2) is 0 Å². The van der Waals surface area contributed by atoms with Gasteiger partial charge in [0, 0.05) is 24.8 Å². The molecule has 2 amide bonds. The molecular formula is C20H25N3O5. The molecule has 28 heavy (non-hydrogen) atoms. The van der Waals surface area contributed by atoms with Gasteiger partial charge in [-0.2, -0.15) is 0 Å². The summed E-state index contributed by atoms with van der Waals surface area (Å²) in [6.45, 7) is 6.97. The lowest BCUT2D eigenvalue weighted by Crippen LogP contribution is -2.40. The first-order valence-electron chi connectivity index (χ1n) is 9.19. The Balaban J connectivity index is 1.85. The van der Waals surface area contributed by atoms with Crippen LogP contribution in [0, 0.1) is 13.8 Å². The SMILES string of the molecule is COCCNC(=O)c1ccc2c(c1)CN(C(=O)c1c(C)noc1C)[C@@H](C)CO2. The fourth-order valence-electron chi connectivity index (χ4n) is 3.20. The van der Waals surface area contributed by atoms with E-state index in [2.05, 4.69) is 10.5 Å². The van der Waals surface area contributed by atoms with Gasteiger partial charge in [-0.25, -0.2) is 0 Å². The zero-order valence-corrected chi connectivity index (χ0v) is 16.6. The summed E-state index contributed by atoms with van der Waals surface area (Å²) in [5, 5.41) is 6.68. The van der Waals surface area contributed by atoms with Gasteiger partial charge in [-0.3, -0.25) is 9.59 Å². The van der Waals surface area contributed by atoms with Gasteiger partial charge < -0.3 is 24.2 Å². The standard InChI is InChI=1S/C20H25N3O5/c1-12-11-27-17-6-5-15(19(24)21-7-8-26-4)9-16(17)10-23(12)20(25)18-13(2)22-28-14(18)3/h5-6,9,12H,7-8,10-11H2,1-4H3,(H,21,24)/t12-/m0/s1. The fourth-order valence-corrected chi connectivity index (χ4v) is 3.20. The Morgan fingerprint density at radius 2 is 2.14 bits per heavy atom. The van der Waals surface area contributed by atoms with Gasteiger partial charge in [-0.1, -0.05) is 5.16 Å². The molecule has 1 aromatic heterocycles. The zero-order valence-electron chi connectivity index (χ0n) is 16.6. The average molecular weight is 387 g/mol. The van der Waals surface area contributed by atoms with E-state index in [4.69, 9.17) is 14.0 Å². The van der Waals surface area contributed by atoms with E-state index in [0.717, 1.165) is 5.56 Å². The lowest BCUT2D eigenvalue weighted by molar-refractivity contribution is 0.0643. The Hall–Kier alpha value is -2.87. The Labute approximate surface area is 163 Å². The lowest BCUT2D eigenvalue weighted by Gasteiger charge is -2.26. The van der Waals surface area contributed by atoms with Gasteiger partial charge in [-0.15, -0.1) is 0 Å². The van der Waals surface area contributed by atoms with Crippen LogP contribution in [0.15, 0.2) is 22.7 Å². The van der Waals surface area contributed by atoms with E-state index in [1.807, 2.05) is 6.92 Å². The maximum absolute atomic E-state index is 13.1. The Bertz CT molecular complexity index is 857. The predicted molar refractivity (Wildman–Crippen MR) is 101 cm³/mol. The molecule has 0 bridgehead atoms. The van der Waals surface area contributed by atoms with E-state index in [1.54, 1.807) is 44.1 Å². The maximum atomic E-state index is 13.1. The zero-order chi connectivity index (χ0) is 20.3. The third kappa shape index (κ3) is 4.01. The molecule has 2 aromatic rings. The number of carbonyl (C=O) groups is 2. The molecule has 1 atom stereocenters. The highest BCUT2D eigenvalue weighted by atomic mass is 16.5. The van der Waals surface area contributed by atoms with Crippen molar-refractivity contribution < 1.29 is 23.6 Å². The summed E-state index contributed by atoms with van der Waals surface area (Å²) < 4.78 is 16.0. The number of hydrogen-bond donors (Lipinski definition) is 1. The normalized spacial score (nSPS) is 16.1. The quantitative estimate of drug-likeness (QED) is 0.790. The maximum Gasteiger partial charge on any atom is 0.260 e. The smallest absolute Gasteiger partial charge is 0.260 e. The molecule has 0 fully saturated rings. The largest absolute Gasteiger partial charge is 0.491 e. The molecule has 1 N–H and O–H groups in total. The van der Waals surface area contributed by atoms with E-state index >= 15 is 0 Å². The molecule has 8 heteroatoms. The van der Waals surface area contributed by atoms with E-state index < -0.39 is 0 Å². The summed E-state index contributed by atoms with van der Waals surface area (Å²) in [7, 11) is 1.58. The molecule has 2 heterocycles. The van der Waals surface area contributed by atoms with Crippen molar-refractivity contribution in [3.05, 3.63) is 46.3 Å². The minimum atomic E-state index is -0.194. The first-order chi connectivity index (χ1) is 13.4. The van der Waals surface area contributed by atoms with E-state index in [-0.39, 0.29) is 17.9 Å². The van der Waals surface area contributed by atoms with Gasteiger partial charge in [0.2, 0.25) is 0 Å². The third-order valence-electron chi connectivity index (χ3n) is 4.78. The van der Waals surface area contributed by atoms with Crippen LogP contribution in [0.25, 0.3) is 0 Å². The molecule has 150 valence electrons. The number of aromatic nitrogens is 1. The van der Waals surface area contributed by atoms with Crippen molar-refractivity contribution in [1.82, 2.24) is 15.4 Å². The van der Waals surface area contributed by atoms with Crippen LogP contribution in [-0.2, 0) is 11.3 Å². The molecule has 8 nitrogen and oxygen atoms in total. The van der Waals surface area contributed by atoms with Crippen molar-refractivity contribution in [3.63, 3.8) is 0 Å². The van der Waals surface area contributed by atoms with E-state index in [0.29, 0.717) is 54.6 Å². The molecule has 0 spiro atoms. The minimum Gasteiger partial charge on any atom is -0.491 e. The van der Waals surface area contributed by atoms with Crippen molar-refractivity contribution >= 4 is 11.8 Å². The second-order valence-corrected chi connectivity index (χ2v) is 6.86. The van der Waals surface area contributed by atoms with Crippen LogP contribution in [0.4, 0.5) is 0 Å². The van der Waals surface area contributed by atoms with Crippen molar-refractivity contribution in [2.45, 2.75) is 33.4 Å². The first kappa shape index (κ1) is 19.9. The van der Waals surface area contributed by atoms with Gasteiger partial charge in [0.25, 0.3) is 11.8 Å². The van der Waals surface area contributed by atoms with Gasteiger partial charge in [0.05, 0.1) is 24.9 Å². The van der Waals surface area contributed by atoms with Crippen molar-refractivity contribution in [1.29, 1.82) is 0 Å². The number of amides is 2. The Morgan fingerprint density at radius 1 is 1.36 bits per heavy atom. The first-order valence-corrected chi connectivity index (χ1v) is 9.19. The van der Waals surface area contributed by atoms with Crippen LogP contribution >= 0.6 is 0 Å². The van der Waals surface area contributed by atoms with Crippen LogP contribution < -0.4 is 10.1 Å². The minimum absolute atomic E-state index is 0.146. The van der Waals surface area contributed by atoms with Crippen LogP contribution in [0.3, 0.4) is 0 Å². The Kier molecular flexibility index (Phi) is 5.99. The number of ether oxygens (including phenoxy) is 2. The summed E-state index contributed by atoms with van der Waals surface area (Å²) in [6.07, 6.45) is 0. The third-order valence-corrected chi connectivity index (χ3v) is 4.78. The highest BCUT2D eigenvalue weighted by Crippen LogP contribution is 2.28. The number of rotatable bonds is 5. The topological polar surface area (TPSA) is 93.9 Å². The molecular weight excluding hydrogens is 362 g/mol. The summed E-state index contributed by atoms with van der Waals surface area (Å²) >= 11 is 0. The molecule has 0 saturated heterocycles. The van der Waals surface area contributed by atoms with E-state index in [9.17, 15) is 9.59 Å². The summed E-state index contributed by atoms with van der Waals surface area (Å²) in [6, 6.07) is 5.12. The molecule has 1 aliphatic rings.